The molecular formula is C11H22N2. The second-order valence-electron chi connectivity index (χ2n) is 4.53. The van der Waals surface area contributed by atoms with Crippen LogP contribution in [0.1, 0.15) is 32.6 Å². The summed E-state index contributed by atoms with van der Waals surface area (Å²) in [6, 6.07) is 0.859. The molecule has 13 heavy (non-hydrogen) atoms. The first-order chi connectivity index (χ1) is 6.40. The Labute approximate surface area is 81.7 Å². The molecule has 0 spiro atoms. The van der Waals surface area contributed by atoms with Crippen molar-refractivity contribution in [1.82, 2.24) is 10.2 Å². The van der Waals surface area contributed by atoms with Crippen molar-refractivity contribution in [2.24, 2.45) is 5.92 Å². The van der Waals surface area contributed by atoms with Crippen molar-refractivity contribution < 1.29 is 0 Å². The van der Waals surface area contributed by atoms with Crippen LogP contribution in [0, 0.1) is 5.92 Å². The summed E-state index contributed by atoms with van der Waals surface area (Å²) in [5.41, 5.74) is 0. The molecule has 0 aromatic heterocycles. The molecular weight excluding hydrogens is 160 g/mol. The first-order valence-corrected chi connectivity index (χ1v) is 5.85. The van der Waals surface area contributed by atoms with Crippen LogP contribution in [0.4, 0.5) is 0 Å². The van der Waals surface area contributed by atoms with Crippen LogP contribution < -0.4 is 5.32 Å². The highest BCUT2D eigenvalue weighted by Gasteiger charge is 2.25. The first kappa shape index (κ1) is 9.47. The molecule has 0 aliphatic carbocycles. The monoisotopic (exact) mass is 182 g/mol. The van der Waals surface area contributed by atoms with Crippen LogP contribution in [-0.2, 0) is 0 Å². The molecule has 0 amide bonds. The van der Waals surface area contributed by atoms with Gasteiger partial charge in [0, 0.05) is 12.6 Å². The van der Waals surface area contributed by atoms with Crippen LogP contribution in [0.2, 0.25) is 0 Å². The number of nitrogens with one attached hydrogen (secondary N) is 1. The standard InChI is InChI=1S/C11H22N2/c1-2-10-4-7-13(8-5-10)11-3-6-12-9-11/h10-12H,2-9H2,1H3. The van der Waals surface area contributed by atoms with Crippen LogP contribution >= 0.6 is 0 Å². The SMILES string of the molecule is CCC1CCN(C2CCNC2)CC1. The molecule has 2 rings (SSSR count). The zero-order chi connectivity index (χ0) is 9.10. The summed E-state index contributed by atoms with van der Waals surface area (Å²) in [5.74, 6) is 1.02. The Morgan fingerprint density at radius 2 is 2.00 bits per heavy atom. The lowest BCUT2D eigenvalue weighted by Crippen LogP contribution is -2.42. The summed E-state index contributed by atoms with van der Waals surface area (Å²) in [6.45, 7) is 7.50. The number of nitrogens with zero attached hydrogens (tertiary/aromatic N) is 1. The molecule has 0 aromatic rings. The number of piperidine rings is 1. The van der Waals surface area contributed by atoms with Gasteiger partial charge in [0.1, 0.15) is 0 Å². The van der Waals surface area contributed by atoms with E-state index in [0.717, 1.165) is 12.0 Å². The van der Waals surface area contributed by atoms with Gasteiger partial charge in [-0.25, -0.2) is 0 Å². The maximum absolute atomic E-state index is 3.45. The largest absolute Gasteiger partial charge is 0.315 e. The fraction of sp³-hybridized carbons (Fsp3) is 1.00. The molecule has 2 fully saturated rings. The van der Waals surface area contributed by atoms with Crippen LogP contribution in [0.5, 0.6) is 0 Å². The lowest BCUT2D eigenvalue weighted by Gasteiger charge is -2.35. The quantitative estimate of drug-likeness (QED) is 0.695. The molecule has 2 aliphatic rings. The van der Waals surface area contributed by atoms with Crippen molar-refractivity contribution in [2.45, 2.75) is 38.6 Å². The summed E-state index contributed by atoms with van der Waals surface area (Å²) in [5, 5.41) is 3.45. The van der Waals surface area contributed by atoms with E-state index in [1.54, 1.807) is 0 Å². The lowest BCUT2D eigenvalue weighted by atomic mass is 9.93. The third-order valence-corrected chi connectivity index (χ3v) is 3.78. The minimum absolute atomic E-state index is 0.859. The van der Waals surface area contributed by atoms with Gasteiger partial charge in [-0.2, -0.15) is 0 Å². The van der Waals surface area contributed by atoms with Gasteiger partial charge in [0.2, 0.25) is 0 Å². The molecule has 2 heterocycles. The Balaban J connectivity index is 1.77. The van der Waals surface area contributed by atoms with Gasteiger partial charge in [-0.3, -0.25) is 4.90 Å². The zero-order valence-corrected chi connectivity index (χ0v) is 8.76. The minimum atomic E-state index is 0.859. The van der Waals surface area contributed by atoms with E-state index in [4.69, 9.17) is 0 Å². The Kier molecular flexibility index (Phi) is 3.23. The van der Waals surface area contributed by atoms with Crippen molar-refractivity contribution in [2.75, 3.05) is 26.2 Å². The summed E-state index contributed by atoms with van der Waals surface area (Å²) < 4.78 is 0. The average Bonchev–Trinajstić information content (AvgIpc) is 2.71. The predicted molar refractivity (Wildman–Crippen MR) is 55.9 cm³/mol. The summed E-state index contributed by atoms with van der Waals surface area (Å²) in [6.07, 6.45) is 5.63. The van der Waals surface area contributed by atoms with E-state index in [2.05, 4.69) is 17.1 Å². The molecule has 1 N–H and O–H groups in total. The molecule has 2 saturated heterocycles. The lowest BCUT2D eigenvalue weighted by molar-refractivity contribution is 0.139. The van der Waals surface area contributed by atoms with E-state index < -0.39 is 0 Å². The number of likely N-dealkylation sites (tertiary alicyclic amines) is 1. The van der Waals surface area contributed by atoms with Crippen LogP contribution in [-0.4, -0.2) is 37.1 Å². The van der Waals surface area contributed by atoms with E-state index in [0.29, 0.717) is 0 Å². The van der Waals surface area contributed by atoms with Gasteiger partial charge in [0.15, 0.2) is 0 Å². The normalized spacial score (nSPS) is 32.5. The Bertz CT molecular complexity index is 144. The van der Waals surface area contributed by atoms with E-state index in [-0.39, 0.29) is 0 Å². The van der Waals surface area contributed by atoms with Crippen molar-refractivity contribution in [3.8, 4) is 0 Å². The minimum Gasteiger partial charge on any atom is -0.315 e. The highest BCUT2D eigenvalue weighted by Crippen LogP contribution is 2.22. The molecule has 1 atom stereocenters. The topological polar surface area (TPSA) is 15.3 Å². The molecule has 1 unspecified atom stereocenters. The number of rotatable bonds is 2. The Morgan fingerprint density at radius 1 is 1.23 bits per heavy atom. The van der Waals surface area contributed by atoms with Crippen LogP contribution in [0.15, 0.2) is 0 Å². The van der Waals surface area contributed by atoms with E-state index >= 15 is 0 Å². The highest BCUT2D eigenvalue weighted by molar-refractivity contribution is 4.83. The van der Waals surface area contributed by atoms with Gasteiger partial charge < -0.3 is 5.32 Å². The van der Waals surface area contributed by atoms with Crippen LogP contribution in [0.3, 0.4) is 0 Å². The molecule has 2 aliphatic heterocycles. The molecule has 76 valence electrons. The van der Waals surface area contributed by atoms with Gasteiger partial charge in [-0.15, -0.1) is 0 Å². The summed E-state index contributed by atoms with van der Waals surface area (Å²) in [4.78, 5) is 2.70. The summed E-state index contributed by atoms with van der Waals surface area (Å²) >= 11 is 0. The average molecular weight is 182 g/mol. The molecule has 0 aromatic carbocycles. The predicted octanol–water partition coefficient (Wildman–Crippen LogP) is 1.47. The van der Waals surface area contributed by atoms with Crippen molar-refractivity contribution in [3.63, 3.8) is 0 Å². The van der Waals surface area contributed by atoms with E-state index in [9.17, 15) is 0 Å². The molecule has 2 nitrogen and oxygen atoms in total. The molecule has 0 bridgehead atoms. The van der Waals surface area contributed by atoms with Gasteiger partial charge in [0.25, 0.3) is 0 Å². The van der Waals surface area contributed by atoms with E-state index in [1.807, 2.05) is 0 Å². The second-order valence-corrected chi connectivity index (χ2v) is 4.53. The Hall–Kier alpha value is -0.0800. The zero-order valence-electron chi connectivity index (χ0n) is 8.76. The maximum atomic E-state index is 3.45. The fourth-order valence-electron chi connectivity index (χ4n) is 2.68. The number of hydrogen-bond acceptors (Lipinski definition) is 2. The maximum Gasteiger partial charge on any atom is 0.0232 e. The smallest absolute Gasteiger partial charge is 0.0232 e. The fourth-order valence-corrected chi connectivity index (χ4v) is 2.68. The van der Waals surface area contributed by atoms with Crippen molar-refractivity contribution in [1.29, 1.82) is 0 Å². The highest BCUT2D eigenvalue weighted by atomic mass is 15.2. The van der Waals surface area contributed by atoms with E-state index in [1.165, 1.54) is 51.9 Å². The molecule has 2 heteroatoms. The third-order valence-electron chi connectivity index (χ3n) is 3.78. The number of hydrogen-bond donors (Lipinski definition) is 1. The summed E-state index contributed by atoms with van der Waals surface area (Å²) in [7, 11) is 0. The third kappa shape index (κ3) is 2.23. The second kappa shape index (κ2) is 4.43. The van der Waals surface area contributed by atoms with Gasteiger partial charge >= 0.3 is 0 Å². The van der Waals surface area contributed by atoms with Gasteiger partial charge in [-0.05, 0) is 44.8 Å². The van der Waals surface area contributed by atoms with Crippen molar-refractivity contribution in [3.05, 3.63) is 0 Å². The molecule has 0 radical (unpaired) electrons. The molecule has 0 saturated carbocycles. The van der Waals surface area contributed by atoms with Gasteiger partial charge in [0.05, 0.1) is 0 Å². The first-order valence-electron chi connectivity index (χ1n) is 5.85. The van der Waals surface area contributed by atoms with Gasteiger partial charge in [-0.1, -0.05) is 13.3 Å². The van der Waals surface area contributed by atoms with Crippen LogP contribution in [0.25, 0.3) is 0 Å². The van der Waals surface area contributed by atoms with Crippen molar-refractivity contribution >= 4 is 0 Å². The Morgan fingerprint density at radius 3 is 2.54 bits per heavy atom.